The van der Waals surface area contributed by atoms with E-state index in [0.29, 0.717) is 11.7 Å². The number of anilines is 2. The summed E-state index contributed by atoms with van der Waals surface area (Å²) in [5.74, 6) is 0.782. The molecule has 0 bridgehead atoms. The van der Waals surface area contributed by atoms with Crippen LogP contribution in [0.25, 0.3) is 0 Å². The topological polar surface area (TPSA) is 77.7 Å². The van der Waals surface area contributed by atoms with Crippen molar-refractivity contribution < 1.29 is 0 Å². The number of aryl methyl sites for hydroxylation is 1. The maximum atomic E-state index is 8.87. The number of aromatic nitrogens is 3. The standard InChI is InChI=1S/C22H22N6/c1-16-7-8-19(24-13-16)15-28-11-3-5-21(28)20-4-2-6-22(27-20)26-18-10-9-17(12-23)25-14-18/h2,4,6-10,13-14,21H,3,5,11,15H2,1H3,(H,26,27)/t21-/m1/s1. The summed E-state index contributed by atoms with van der Waals surface area (Å²) in [5.41, 5.74) is 4.56. The molecule has 6 nitrogen and oxygen atoms in total. The van der Waals surface area contributed by atoms with E-state index in [4.69, 9.17) is 10.2 Å². The molecule has 3 aromatic heterocycles. The van der Waals surface area contributed by atoms with Crippen LogP contribution in [0.1, 0.15) is 41.5 Å². The average molecular weight is 370 g/mol. The predicted molar refractivity (Wildman–Crippen MR) is 108 cm³/mol. The molecule has 1 aliphatic heterocycles. The Hall–Kier alpha value is -3.30. The van der Waals surface area contributed by atoms with Crippen LogP contribution < -0.4 is 5.32 Å². The fourth-order valence-electron chi connectivity index (χ4n) is 3.54. The maximum Gasteiger partial charge on any atom is 0.140 e. The molecule has 3 aromatic rings. The van der Waals surface area contributed by atoms with Crippen LogP contribution in [0.3, 0.4) is 0 Å². The summed E-state index contributed by atoms with van der Waals surface area (Å²) in [5, 5.41) is 12.1. The van der Waals surface area contributed by atoms with Crippen molar-refractivity contribution in [3.63, 3.8) is 0 Å². The summed E-state index contributed by atoms with van der Waals surface area (Å²) in [6.07, 6.45) is 5.84. The predicted octanol–water partition coefficient (Wildman–Crippen LogP) is 4.13. The van der Waals surface area contributed by atoms with Crippen LogP contribution in [0, 0.1) is 18.3 Å². The van der Waals surface area contributed by atoms with Gasteiger partial charge in [-0.25, -0.2) is 9.97 Å². The maximum absolute atomic E-state index is 8.87. The first-order chi connectivity index (χ1) is 13.7. The molecular formula is C22H22N6. The van der Waals surface area contributed by atoms with E-state index in [-0.39, 0.29) is 0 Å². The van der Waals surface area contributed by atoms with Gasteiger partial charge < -0.3 is 5.32 Å². The SMILES string of the molecule is Cc1ccc(CN2CCC[C@@H]2c2cccc(Nc3ccc(C#N)nc3)n2)nc1. The first-order valence-electron chi connectivity index (χ1n) is 9.47. The molecule has 0 aliphatic carbocycles. The second kappa shape index (κ2) is 8.15. The number of hydrogen-bond acceptors (Lipinski definition) is 6. The molecule has 0 spiro atoms. The molecule has 4 rings (SSSR count). The highest BCUT2D eigenvalue weighted by atomic mass is 15.2. The monoisotopic (exact) mass is 370 g/mol. The molecule has 1 aliphatic rings. The fraction of sp³-hybridized carbons (Fsp3) is 0.273. The Labute approximate surface area is 164 Å². The summed E-state index contributed by atoms with van der Waals surface area (Å²) in [6.45, 7) is 3.95. The lowest BCUT2D eigenvalue weighted by Crippen LogP contribution is -2.24. The Bertz CT molecular complexity index is 975. The summed E-state index contributed by atoms with van der Waals surface area (Å²) < 4.78 is 0. The zero-order chi connectivity index (χ0) is 19.3. The van der Waals surface area contributed by atoms with Crippen LogP contribution in [-0.4, -0.2) is 26.4 Å². The molecule has 0 aromatic carbocycles. The number of nitriles is 1. The Morgan fingerprint density at radius 3 is 2.82 bits per heavy atom. The number of nitrogens with zero attached hydrogens (tertiary/aromatic N) is 5. The van der Waals surface area contributed by atoms with Crippen molar-refractivity contribution in [3.8, 4) is 6.07 Å². The van der Waals surface area contributed by atoms with Gasteiger partial charge in [-0.2, -0.15) is 5.26 Å². The van der Waals surface area contributed by atoms with Gasteiger partial charge in [-0.15, -0.1) is 0 Å². The Morgan fingerprint density at radius 2 is 2.07 bits per heavy atom. The van der Waals surface area contributed by atoms with Crippen LogP contribution in [0.15, 0.2) is 54.9 Å². The van der Waals surface area contributed by atoms with Crippen molar-refractivity contribution in [2.45, 2.75) is 32.4 Å². The molecule has 6 heteroatoms. The quantitative estimate of drug-likeness (QED) is 0.727. The number of rotatable bonds is 5. The van der Waals surface area contributed by atoms with E-state index in [0.717, 1.165) is 48.8 Å². The van der Waals surface area contributed by atoms with Crippen molar-refractivity contribution in [2.24, 2.45) is 0 Å². The van der Waals surface area contributed by atoms with E-state index in [9.17, 15) is 0 Å². The zero-order valence-corrected chi connectivity index (χ0v) is 15.8. The molecule has 0 unspecified atom stereocenters. The van der Waals surface area contributed by atoms with Gasteiger partial charge in [0.1, 0.15) is 17.6 Å². The molecule has 1 atom stereocenters. The van der Waals surface area contributed by atoms with Crippen molar-refractivity contribution in [1.82, 2.24) is 19.9 Å². The van der Waals surface area contributed by atoms with Crippen LogP contribution >= 0.6 is 0 Å². The van der Waals surface area contributed by atoms with Gasteiger partial charge >= 0.3 is 0 Å². The van der Waals surface area contributed by atoms with Crippen LogP contribution in [0.4, 0.5) is 11.5 Å². The lowest BCUT2D eigenvalue weighted by atomic mass is 10.1. The zero-order valence-electron chi connectivity index (χ0n) is 15.8. The second-order valence-electron chi connectivity index (χ2n) is 7.07. The van der Waals surface area contributed by atoms with Gasteiger partial charge in [0.05, 0.1) is 29.3 Å². The number of likely N-dealkylation sites (tertiary alicyclic amines) is 1. The van der Waals surface area contributed by atoms with Crippen molar-refractivity contribution in [1.29, 1.82) is 5.26 Å². The lowest BCUT2D eigenvalue weighted by Gasteiger charge is -2.24. The third-order valence-corrected chi connectivity index (χ3v) is 4.96. The van der Waals surface area contributed by atoms with E-state index in [1.54, 1.807) is 12.3 Å². The minimum Gasteiger partial charge on any atom is -0.339 e. The molecule has 1 saturated heterocycles. The Morgan fingerprint density at radius 1 is 1.14 bits per heavy atom. The summed E-state index contributed by atoms with van der Waals surface area (Å²) in [7, 11) is 0. The minimum absolute atomic E-state index is 0.295. The Balaban J connectivity index is 1.49. The average Bonchev–Trinajstić information content (AvgIpc) is 3.19. The molecule has 140 valence electrons. The molecule has 1 fully saturated rings. The van der Waals surface area contributed by atoms with E-state index >= 15 is 0 Å². The van der Waals surface area contributed by atoms with Crippen molar-refractivity contribution in [3.05, 3.63) is 77.5 Å². The summed E-state index contributed by atoms with van der Waals surface area (Å²) in [6, 6.07) is 16.1. The highest BCUT2D eigenvalue weighted by Crippen LogP contribution is 2.32. The van der Waals surface area contributed by atoms with Gasteiger partial charge in [-0.1, -0.05) is 12.1 Å². The highest BCUT2D eigenvalue weighted by molar-refractivity contribution is 5.55. The van der Waals surface area contributed by atoms with Crippen LogP contribution in [-0.2, 0) is 6.54 Å². The van der Waals surface area contributed by atoms with E-state index in [1.165, 1.54) is 5.56 Å². The van der Waals surface area contributed by atoms with Gasteiger partial charge in [-0.3, -0.25) is 9.88 Å². The summed E-state index contributed by atoms with van der Waals surface area (Å²) in [4.78, 5) is 15.9. The molecule has 1 N–H and O–H groups in total. The van der Waals surface area contributed by atoms with Gasteiger partial charge in [0.15, 0.2) is 0 Å². The van der Waals surface area contributed by atoms with Crippen LogP contribution in [0.2, 0.25) is 0 Å². The van der Waals surface area contributed by atoms with Gasteiger partial charge in [0, 0.05) is 12.7 Å². The largest absolute Gasteiger partial charge is 0.339 e. The van der Waals surface area contributed by atoms with E-state index < -0.39 is 0 Å². The molecule has 4 heterocycles. The van der Waals surface area contributed by atoms with Gasteiger partial charge in [0.2, 0.25) is 0 Å². The van der Waals surface area contributed by atoms with E-state index in [1.807, 2.05) is 30.5 Å². The fourth-order valence-corrected chi connectivity index (χ4v) is 3.54. The third-order valence-electron chi connectivity index (χ3n) is 4.96. The number of hydrogen-bond donors (Lipinski definition) is 1. The normalized spacial score (nSPS) is 16.6. The molecular weight excluding hydrogens is 348 g/mol. The van der Waals surface area contributed by atoms with Gasteiger partial charge in [0.25, 0.3) is 0 Å². The summed E-state index contributed by atoms with van der Waals surface area (Å²) >= 11 is 0. The minimum atomic E-state index is 0.295. The molecule has 0 radical (unpaired) electrons. The first-order valence-corrected chi connectivity index (χ1v) is 9.47. The molecule has 0 amide bonds. The number of nitrogens with one attached hydrogen (secondary N) is 1. The van der Waals surface area contributed by atoms with Crippen LogP contribution in [0.5, 0.6) is 0 Å². The van der Waals surface area contributed by atoms with Crippen molar-refractivity contribution in [2.75, 3.05) is 11.9 Å². The third kappa shape index (κ3) is 4.16. The smallest absolute Gasteiger partial charge is 0.140 e. The Kier molecular flexibility index (Phi) is 5.27. The lowest BCUT2D eigenvalue weighted by molar-refractivity contribution is 0.241. The molecule has 0 saturated carbocycles. The second-order valence-corrected chi connectivity index (χ2v) is 7.07. The molecule has 28 heavy (non-hydrogen) atoms. The number of pyridine rings is 3. The van der Waals surface area contributed by atoms with Crippen molar-refractivity contribution >= 4 is 11.5 Å². The van der Waals surface area contributed by atoms with E-state index in [2.05, 4.69) is 45.3 Å². The highest BCUT2D eigenvalue weighted by Gasteiger charge is 2.27. The van der Waals surface area contributed by atoms with Gasteiger partial charge in [-0.05, 0) is 62.2 Å². The first kappa shape index (κ1) is 18.1.